The maximum absolute atomic E-state index is 4.34. The number of aromatic nitrogens is 2. The van der Waals surface area contributed by atoms with Crippen LogP contribution in [0.15, 0.2) is 6.20 Å². The van der Waals surface area contributed by atoms with Gasteiger partial charge >= 0.3 is 0 Å². The number of piperazine rings is 1. The van der Waals surface area contributed by atoms with Crippen molar-refractivity contribution in [1.29, 1.82) is 0 Å². The number of hydrogen-bond donors (Lipinski definition) is 0. The third-order valence-corrected chi connectivity index (χ3v) is 4.65. The minimum atomic E-state index is 0.810. The highest BCUT2D eigenvalue weighted by Gasteiger charge is 2.28. The van der Waals surface area contributed by atoms with Gasteiger partial charge in [0.05, 0.1) is 6.20 Å². The topological polar surface area (TPSA) is 24.3 Å². The second-order valence-corrected chi connectivity index (χ2v) is 5.80. The second-order valence-electron chi connectivity index (χ2n) is 5.80. The minimum Gasteiger partial charge on any atom is -0.298 e. The van der Waals surface area contributed by atoms with Crippen molar-refractivity contribution in [2.24, 2.45) is 7.05 Å². The van der Waals surface area contributed by atoms with Gasteiger partial charge in [-0.25, -0.2) is 0 Å². The lowest BCUT2D eigenvalue weighted by molar-refractivity contribution is 0.0456. The molecular formula is C14H24N4. The average molecular weight is 248 g/mol. The van der Waals surface area contributed by atoms with Gasteiger partial charge < -0.3 is 0 Å². The van der Waals surface area contributed by atoms with Crippen molar-refractivity contribution in [2.75, 3.05) is 26.2 Å². The zero-order valence-corrected chi connectivity index (χ0v) is 11.6. The van der Waals surface area contributed by atoms with Gasteiger partial charge in [0.1, 0.15) is 0 Å². The molecule has 4 nitrogen and oxygen atoms in total. The Balaban J connectivity index is 1.62. The first-order chi connectivity index (χ1) is 8.74. The first-order valence-electron chi connectivity index (χ1n) is 7.18. The van der Waals surface area contributed by atoms with E-state index in [2.05, 4.69) is 21.8 Å². The number of nitrogens with zero attached hydrogens (tertiary/aromatic N) is 4. The van der Waals surface area contributed by atoms with Crippen molar-refractivity contribution in [3.63, 3.8) is 0 Å². The Morgan fingerprint density at radius 2 is 2.17 bits per heavy atom. The van der Waals surface area contributed by atoms with Crippen LogP contribution in [-0.4, -0.2) is 51.8 Å². The predicted molar refractivity (Wildman–Crippen MR) is 72.4 cm³/mol. The van der Waals surface area contributed by atoms with Gasteiger partial charge in [0.2, 0.25) is 0 Å². The van der Waals surface area contributed by atoms with E-state index in [1.165, 1.54) is 56.7 Å². The van der Waals surface area contributed by atoms with Crippen LogP contribution >= 0.6 is 0 Å². The Hall–Kier alpha value is -0.870. The molecule has 2 aliphatic rings. The van der Waals surface area contributed by atoms with E-state index in [0.29, 0.717) is 0 Å². The highest BCUT2D eigenvalue weighted by atomic mass is 15.3. The minimum absolute atomic E-state index is 0.810. The van der Waals surface area contributed by atoms with Gasteiger partial charge in [0.25, 0.3) is 0 Å². The molecule has 0 saturated carbocycles. The monoisotopic (exact) mass is 248 g/mol. The summed E-state index contributed by atoms with van der Waals surface area (Å²) in [6.45, 7) is 8.27. The van der Waals surface area contributed by atoms with Crippen LogP contribution in [0.5, 0.6) is 0 Å². The van der Waals surface area contributed by atoms with Crippen LogP contribution in [-0.2, 0) is 13.6 Å². The number of hydrogen-bond acceptors (Lipinski definition) is 3. The second kappa shape index (κ2) is 5.02. The summed E-state index contributed by atoms with van der Waals surface area (Å²) < 4.78 is 1.98. The third-order valence-electron chi connectivity index (χ3n) is 4.65. The standard InChI is InChI=1S/C14H24N4/c1-12-13(9-15-16(12)2)10-17-7-8-18-6-4-3-5-14(18)11-17/h9,14H,3-8,10-11H2,1-2H3. The van der Waals surface area contributed by atoms with Crippen molar-refractivity contribution >= 4 is 0 Å². The highest BCUT2D eigenvalue weighted by molar-refractivity contribution is 5.15. The fraction of sp³-hybridized carbons (Fsp3) is 0.786. The first-order valence-corrected chi connectivity index (χ1v) is 7.18. The predicted octanol–water partition coefficient (Wildman–Crippen LogP) is 1.40. The molecule has 3 heterocycles. The SMILES string of the molecule is Cc1c(CN2CCN3CCCCC3C2)cnn1C. The summed E-state index contributed by atoms with van der Waals surface area (Å²) in [5, 5.41) is 4.34. The van der Waals surface area contributed by atoms with Crippen molar-refractivity contribution in [1.82, 2.24) is 19.6 Å². The summed E-state index contributed by atoms with van der Waals surface area (Å²) in [5.74, 6) is 0. The zero-order valence-electron chi connectivity index (χ0n) is 11.6. The fourth-order valence-corrected chi connectivity index (χ4v) is 3.30. The molecule has 18 heavy (non-hydrogen) atoms. The van der Waals surface area contributed by atoms with E-state index in [-0.39, 0.29) is 0 Å². The molecule has 0 aliphatic carbocycles. The van der Waals surface area contributed by atoms with Crippen LogP contribution in [0.2, 0.25) is 0 Å². The van der Waals surface area contributed by atoms with Crippen LogP contribution < -0.4 is 0 Å². The lowest BCUT2D eigenvalue weighted by atomic mass is 9.99. The zero-order chi connectivity index (χ0) is 12.5. The molecule has 4 heteroatoms. The fourth-order valence-electron chi connectivity index (χ4n) is 3.30. The summed E-state index contributed by atoms with van der Waals surface area (Å²) in [6, 6.07) is 0.810. The quantitative estimate of drug-likeness (QED) is 0.790. The normalized spacial score (nSPS) is 26.2. The van der Waals surface area contributed by atoms with Crippen molar-refractivity contribution in [3.05, 3.63) is 17.5 Å². The maximum atomic E-state index is 4.34. The number of piperidine rings is 1. The van der Waals surface area contributed by atoms with E-state index < -0.39 is 0 Å². The Labute approximate surface area is 110 Å². The summed E-state index contributed by atoms with van der Waals surface area (Å²) >= 11 is 0. The average Bonchev–Trinajstić information content (AvgIpc) is 2.71. The van der Waals surface area contributed by atoms with Gasteiger partial charge in [-0.3, -0.25) is 14.5 Å². The molecule has 1 unspecified atom stereocenters. The Morgan fingerprint density at radius 3 is 2.94 bits per heavy atom. The van der Waals surface area contributed by atoms with Crippen LogP contribution in [0, 0.1) is 6.92 Å². The third kappa shape index (κ3) is 2.31. The van der Waals surface area contributed by atoms with Crippen LogP contribution in [0.4, 0.5) is 0 Å². The number of rotatable bonds is 2. The summed E-state index contributed by atoms with van der Waals surface area (Å²) in [5.41, 5.74) is 2.70. The molecule has 2 fully saturated rings. The van der Waals surface area contributed by atoms with E-state index in [9.17, 15) is 0 Å². The molecule has 0 aromatic carbocycles. The summed E-state index contributed by atoms with van der Waals surface area (Å²) in [4.78, 5) is 5.30. The Morgan fingerprint density at radius 1 is 1.28 bits per heavy atom. The highest BCUT2D eigenvalue weighted by Crippen LogP contribution is 2.22. The van der Waals surface area contributed by atoms with Crippen molar-refractivity contribution in [3.8, 4) is 0 Å². The molecule has 100 valence electrons. The van der Waals surface area contributed by atoms with Gasteiger partial charge in [-0.1, -0.05) is 6.42 Å². The molecule has 3 rings (SSSR count). The molecule has 0 amide bonds. The van der Waals surface area contributed by atoms with Gasteiger partial charge in [0, 0.05) is 50.5 Å². The smallest absolute Gasteiger partial charge is 0.0537 e. The molecule has 1 atom stereocenters. The number of aryl methyl sites for hydroxylation is 1. The molecule has 1 aromatic rings. The molecule has 0 spiro atoms. The van der Waals surface area contributed by atoms with E-state index in [4.69, 9.17) is 0 Å². The van der Waals surface area contributed by atoms with E-state index in [1.54, 1.807) is 0 Å². The van der Waals surface area contributed by atoms with Crippen LogP contribution in [0.3, 0.4) is 0 Å². The van der Waals surface area contributed by atoms with E-state index >= 15 is 0 Å². The van der Waals surface area contributed by atoms with Gasteiger partial charge in [-0.05, 0) is 26.3 Å². The largest absolute Gasteiger partial charge is 0.298 e. The molecular weight excluding hydrogens is 224 g/mol. The maximum Gasteiger partial charge on any atom is 0.0537 e. The Bertz CT molecular complexity index is 412. The molecule has 2 aliphatic heterocycles. The molecule has 2 saturated heterocycles. The lowest BCUT2D eigenvalue weighted by Crippen LogP contribution is -2.54. The van der Waals surface area contributed by atoms with Crippen molar-refractivity contribution < 1.29 is 0 Å². The molecule has 0 N–H and O–H groups in total. The lowest BCUT2D eigenvalue weighted by Gasteiger charge is -2.44. The van der Waals surface area contributed by atoms with E-state index in [0.717, 1.165) is 12.6 Å². The molecule has 0 radical (unpaired) electrons. The summed E-state index contributed by atoms with van der Waals surface area (Å²) in [6.07, 6.45) is 6.24. The van der Waals surface area contributed by atoms with Crippen LogP contribution in [0.25, 0.3) is 0 Å². The molecule has 1 aromatic heterocycles. The first kappa shape index (κ1) is 12.2. The molecule has 0 bridgehead atoms. The van der Waals surface area contributed by atoms with Gasteiger partial charge in [-0.15, -0.1) is 0 Å². The van der Waals surface area contributed by atoms with Crippen LogP contribution in [0.1, 0.15) is 30.5 Å². The number of fused-ring (bicyclic) bond motifs is 1. The summed E-state index contributed by atoms with van der Waals surface area (Å²) in [7, 11) is 2.03. The van der Waals surface area contributed by atoms with Gasteiger partial charge in [0.15, 0.2) is 0 Å². The van der Waals surface area contributed by atoms with Crippen molar-refractivity contribution in [2.45, 2.75) is 38.8 Å². The Kier molecular flexibility index (Phi) is 3.39. The van der Waals surface area contributed by atoms with E-state index in [1.807, 2.05) is 17.9 Å². The van der Waals surface area contributed by atoms with Gasteiger partial charge in [-0.2, -0.15) is 5.10 Å².